The Kier molecular flexibility index (Phi) is 6.18. The van der Waals surface area contributed by atoms with Crippen LogP contribution in [0.5, 0.6) is 0 Å². The first-order chi connectivity index (χ1) is 8.69. The first kappa shape index (κ1) is 14.5. The highest BCUT2D eigenvalue weighted by Crippen LogP contribution is 2.16. The molecule has 0 aliphatic carbocycles. The SMILES string of the molecule is CCOCN(COCC)c1cccc(C(N)=O)c1. The standard InChI is InChI=1S/C13H20N2O3/c1-3-17-9-15(10-18-4-2)12-7-5-6-11(8-12)13(14)16/h5-8H,3-4,9-10H2,1-2H3,(H2,14,16). The number of primary amides is 1. The number of ether oxygens (including phenoxy) is 2. The lowest BCUT2D eigenvalue weighted by Crippen LogP contribution is -2.29. The fraction of sp³-hybridized carbons (Fsp3) is 0.462. The predicted molar refractivity (Wildman–Crippen MR) is 70.4 cm³/mol. The number of carbonyl (C=O) groups excluding carboxylic acids is 1. The van der Waals surface area contributed by atoms with Gasteiger partial charge in [0.1, 0.15) is 13.5 Å². The van der Waals surface area contributed by atoms with Crippen molar-refractivity contribution in [1.29, 1.82) is 0 Å². The van der Waals surface area contributed by atoms with Gasteiger partial charge in [0.25, 0.3) is 0 Å². The summed E-state index contributed by atoms with van der Waals surface area (Å²) in [5, 5.41) is 0. The summed E-state index contributed by atoms with van der Waals surface area (Å²) < 4.78 is 10.8. The minimum Gasteiger partial charge on any atom is -0.366 e. The van der Waals surface area contributed by atoms with E-state index in [2.05, 4.69) is 0 Å². The third kappa shape index (κ3) is 4.35. The lowest BCUT2D eigenvalue weighted by molar-refractivity contribution is 0.0956. The summed E-state index contributed by atoms with van der Waals surface area (Å²) in [7, 11) is 0. The zero-order valence-corrected chi connectivity index (χ0v) is 10.9. The van der Waals surface area contributed by atoms with E-state index in [0.29, 0.717) is 32.2 Å². The van der Waals surface area contributed by atoms with E-state index in [1.54, 1.807) is 18.2 Å². The molecule has 100 valence electrons. The maximum absolute atomic E-state index is 11.1. The molecule has 18 heavy (non-hydrogen) atoms. The minimum atomic E-state index is -0.440. The van der Waals surface area contributed by atoms with Gasteiger partial charge in [-0.15, -0.1) is 0 Å². The van der Waals surface area contributed by atoms with Crippen LogP contribution in [-0.2, 0) is 9.47 Å². The molecule has 0 radical (unpaired) electrons. The molecule has 1 aromatic rings. The van der Waals surface area contributed by atoms with Crippen LogP contribution in [-0.4, -0.2) is 32.6 Å². The quantitative estimate of drug-likeness (QED) is 0.713. The Labute approximate surface area is 107 Å². The summed E-state index contributed by atoms with van der Waals surface area (Å²) in [6, 6.07) is 7.11. The monoisotopic (exact) mass is 252 g/mol. The van der Waals surface area contributed by atoms with Crippen molar-refractivity contribution in [2.45, 2.75) is 13.8 Å². The van der Waals surface area contributed by atoms with Crippen molar-refractivity contribution >= 4 is 11.6 Å². The van der Waals surface area contributed by atoms with Gasteiger partial charge in [-0.25, -0.2) is 0 Å². The van der Waals surface area contributed by atoms with Gasteiger partial charge >= 0.3 is 0 Å². The molecule has 0 aliphatic heterocycles. The molecule has 0 saturated heterocycles. The van der Waals surface area contributed by atoms with Crippen molar-refractivity contribution < 1.29 is 14.3 Å². The lowest BCUT2D eigenvalue weighted by Gasteiger charge is -2.24. The van der Waals surface area contributed by atoms with Crippen LogP contribution in [0.25, 0.3) is 0 Å². The number of anilines is 1. The third-order valence-corrected chi connectivity index (χ3v) is 2.40. The van der Waals surface area contributed by atoms with Crippen molar-refractivity contribution in [1.82, 2.24) is 0 Å². The summed E-state index contributed by atoms with van der Waals surface area (Å²) in [4.78, 5) is 13.0. The number of benzene rings is 1. The van der Waals surface area contributed by atoms with Gasteiger partial charge in [-0.3, -0.25) is 4.79 Å². The summed E-state index contributed by atoms with van der Waals surface area (Å²) in [6.45, 7) is 5.94. The van der Waals surface area contributed by atoms with Gasteiger partial charge in [0, 0.05) is 24.5 Å². The Morgan fingerprint density at radius 3 is 2.33 bits per heavy atom. The number of carbonyl (C=O) groups is 1. The van der Waals surface area contributed by atoms with Gasteiger partial charge in [0.2, 0.25) is 5.91 Å². The van der Waals surface area contributed by atoms with Gasteiger partial charge in [0.05, 0.1) is 0 Å². The van der Waals surface area contributed by atoms with E-state index >= 15 is 0 Å². The molecule has 0 unspecified atom stereocenters. The first-order valence-electron chi connectivity index (χ1n) is 5.99. The minimum absolute atomic E-state index is 0.415. The predicted octanol–water partition coefficient (Wildman–Crippen LogP) is 1.58. The van der Waals surface area contributed by atoms with Crippen LogP contribution >= 0.6 is 0 Å². The highest BCUT2D eigenvalue weighted by Gasteiger charge is 2.08. The number of rotatable bonds is 8. The van der Waals surface area contributed by atoms with E-state index in [0.717, 1.165) is 5.69 Å². The third-order valence-electron chi connectivity index (χ3n) is 2.40. The molecule has 1 rings (SSSR count). The van der Waals surface area contributed by atoms with Gasteiger partial charge < -0.3 is 20.1 Å². The number of nitrogens with two attached hydrogens (primary N) is 1. The highest BCUT2D eigenvalue weighted by atomic mass is 16.5. The van der Waals surface area contributed by atoms with E-state index in [1.807, 2.05) is 24.8 Å². The molecule has 0 saturated carbocycles. The summed E-state index contributed by atoms with van der Waals surface area (Å²) in [5.41, 5.74) is 6.60. The maximum atomic E-state index is 11.1. The van der Waals surface area contributed by atoms with Crippen molar-refractivity contribution in [3.63, 3.8) is 0 Å². The Morgan fingerprint density at radius 1 is 1.22 bits per heavy atom. The first-order valence-corrected chi connectivity index (χ1v) is 5.99. The number of hydrogen-bond acceptors (Lipinski definition) is 4. The molecule has 0 fully saturated rings. The van der Waals surface area contributed by atoms with Crippen molar-refractivity contribution in [3.8, 4) is 0 Å². The largest absolute Gasteiger partial charge is 0.366 e. The molecule has 0 heterocycles. The summed E-state index contributed by atoms with van der Waals surface area (Å²) in [6.07, 6.45) is 0. The fourth-order valence-electron chi connectivity index (χ4n) is 1.45. The second-order valence-corrected chi connectivity index (χ2v) is 3.70. The van der Waals surface area contributed by atoms with Crippen LogP contribution < -0.4 is 10.6 Å². The fourth-order valence-corrected chi connectivity index (χ4v) is 1.45. The van der Waals surface area contributed by atoms with Gasteiger partial charge in [-0.2, -0.15) is 0 Å². The summed E-state index contributed by atoms with van der Waals surface area (Å²) >= 11 is 0. The highest BCUT2D eigenvalue weighted by molar-refractivity contribution is 5.93. The number of hydrogen-bond donors (Lipinski definition) is 1. The summed E-state index contributed by atoms with van der Waals surface area (Å²) in [5.74, 6) is -0.440. The van der Waals surface area contributed by atoms with Crippen LogP contribution in [0, 0.1) is 0 Å². The molecule has 0 bridgehead atoms. The molecule has 0 atom stereocenters. The Hall–Kier alpha value is -1.59. The van der Waals surface area contributed by atoms with Crippen LogP contribution in [0.1, 0.15) is 24.2 Å². The number of nitrogens with zero attached hydrogens (tertiary/aromatic N) is 1. The van der Waals surface area contributed by atoms with Crippen LogP contribution in [0.15, 0.2) is 24.3 Å². The second-order valence-electron chi connectivity index (χ2n) is 3.70. The zero-order chi connectivity index (χ0) is 13.4. The molecule has 1 amide bonds. The second kappa shape index (κ2) is 7.68. The van der Waals surface area contributed by atoms with E-state index in [9.17, 15) is 4.79 Å². The van der Waals surface area contributed by atoms with Gasteiger partial charge in [0.15, 0.2) is 0 Å². The topological polar surface area (TPSA) is 64.8 Å². The zero-order valence-electron chi connectivity index (χ0n) is 10.9. The van der Waals surface area contributed by atoms with Gasteiger partial charge in [-0.05, 0) is 32.0 Å². The number of amides is 1. The average Bonchev–Trinajstić information content (AvgIpc) is 2.39. The van der Waals surface area contributed by atoms with Crippen LogP contribution in [0.4, 0.5) is 5.69 Å². The van der Waals surface area contributed by atoms with Crippen LogP contribution in [0.2, 0.25) is 0 Å². The van der Waals surface area contributed by atoms with E-state index in [1.165, 1.54) is 0 Å². The van der Waals surface area contributed by atoms with Crippen molar-refractivity contribution in [3.05, 3.63) is 29.8 Å². The van der Waals surface area contributed by atoms with Crippen molar-refractivity contribution in [2.75, 3.05) is 31.6 Å². The van der Waals surface area contributed by atoms with E-state index in [4.69, 9.17) is 15.2 Å². The molecule has 1 aromatic carbocycles. The average molecular weight is 252 g/mol. The van der Waals surface area contributed by atoms with Crippen molar-refractivity contribution in [2.24, 2.45) is 5.73 Å². The molecular weight excluding hydrogens is 232 g/mol. The molecular formula is C13H20N2O3. The Morgan fingerprint density at radius 2 is 1.83 bits per heavy atom. The van der Waals surface area contributed by atoms with Gasteiger partial charge in [-0.1, -0.05) is 6.07 Å². The Bertz CT molecular complexity index is 374. The Balaban J connectivity index is 2.82. The van der Waals surface area contributed by atoms with E-state index < -0.39 is 5.91 Å². The molecule has 0 spiro atoms. The van der Waals surface area contributed by atoms with E-state index in [-0.39, 0.29) is 0 Å². The normalized spacial score (nSPS) is 10.3. The molecule has 5 heteroatoms. The molecule has 0 aliphatic rings. The smallest absolute Gasteiger partial charge is 0.248 e. The molecule has 0 aromatic heterocycles. The lowest BCUT2D eigenvalue weighted by atomic mass is 10.2. The molecule has 5 nitrogen and oxygen atoms in total. The molecule has 2 N–H and O–H groups in total. The van der Waals surface area contributed by atoms with Crippen LogP contribution in [0.3, 0.4) is 0 Å². The maximum Gasteiger partial charge on any atom is 0.248 e.